The van der Waals surface area contributed by atoms with E-state index in [-0.39, 0.29) is 17.5 Å². The lowest BCUT2D eigenvalue weighted by atomic mass is 10.0. The molecule has 7 heteroatoms. The van der Waals surface area contributed by atoms with Gasteiger partial charge in [0.2, 0.25) is 5.95 Å². The van der Waals surface area contributed by atoms with Crippen LogP contribution in [0.15, 0.2) is 54.7 Å². The minimum atomic E-state index is -0.314. The average Bonchev–Trinajstić information content (AvgIpc) is 2.74. The van der Waals surface area contributed by atoms with Crippen LogP contribution in [0.2, 0.25) is 0 Å². The summed E-state index contributed by atoms with van der Waals surface area (Å²) < 4.78 is 10.6. The second-order valence-electron chi connectivity index (χ2n) is 6.69. The van der Waals surface area contributed by atoms with Crippen LogP contribution in [0.3, 0.4) is 0 Å². The molecule has 1 aromatic heterocycles. The number of rotatable bonds is 7. The number of hydrogen-bond acceptors (Lipinski definition) is 6. The molecule has 0 saturated carbocycles. The van der Waals surface area contributed by atoms with Gasteiger partial charge in [0.15, 0.2) is 0 Å². The smallest absolute Gasteiger partial charge is 0.274 e. The van der Waals surface area contributed by atoms with Gasteiger partial charge in [-0.2, -0.15) is 0 Å². The van der Waals surface area contributed by atoms with Crippen molar-refractivity contribution < 1.29 is 14.3 Å². The molecule has 2 aromatic carbocycles. The third-order valence-electron chi connectivity index (χ3n) is 4.38. The molecule has 150 valence electrons. The minimum Gasteiger partial charge on any atom is -0.497 e. The van der Waals surface area contributed by atoms with Crippen LogP contribution in [0.1, 0.15) is 35.8 Å². The van der Waals surface area contributed by atoms with E-state index in [4.69, 9.17) is 9.47 Å². The Labute approximate surface area is 170 Å². The van der Waals surface area contributed by atoms with E-state index in [0.29, 0.717) is 28.8 Å². The van der Waals surface area contributed by atoms with E-state index in [0.717, 1.165) is 0 Å². The van der Waals surface area contributed by atoms with Crippen LogP contribution < -0.4 is 20.1 Å². The molecule has 0 bridgehead atoms. The van der Waals surface area contributed by atoms with Crippen molar-refractivity contribution in [1.82, 2.24) is 9.97 Å². The molecule has 3 rings (SSSR count). The van der Waals surface area contributed by atoms with Gasteiger partial charge in [-0.05, 0) is 41.8 Å². The van der Waals surface area contributed by atoms with Gasteiger partial charge in [-0.15, -0.1) is 0 Å². The number of anilines is 3. The Hall–Kier alpha value is -3.61. The van der Waals surface area contributed by atoms with Crippen molar-refractivity contribution in [2.24, 2.45) is 0 Å². The Morgan fingerprint density at radius 2 is 1.76 bits per heavy atom. The van der Waals surface area contributed by atoms with Gasteiger partial charge < -0.3 is 20.1 Å². The lowest BCUT2D eigenvalue weighted by Gasteiger charge is -2.12. The molecule has 0 aliphatic carbocycles. The lowest BCUT2D eigenvalue weighted by Crippen LogP contribution is -2.14. The number of nitrogens with one attached hydrogen (secondary N) is 2. The number of methoxy groups -OCH3 is 2. The fourth-order valence-corrected chi connectivity index (χ4v) is 2.72. The van der Waals surface area contributed by atoms with E-state index in [9.17, 15) is 4.79 Å². The van der Waals surface area contributed by atoms with Crippen LogP contribution in [0.5, 0.6) is 11.5 Å². The Morgan fingerprint density at radius 3 is 2.41 bits per heavy atom. The first kappa shape index (κ1) is 20.1. The van der Waals surface area contributed by atoms with Crippen molar-refractivity contribution in [3.8, 4) is 11.5 Å². The van der Waals surface area contributed by atoms with Crippen LogP contribution >= 0.6 is 0 Å². The van der Waals surface area contributed by atoms with E-state index in [1.807, 2.05) is 24.3 Å². The van der Waals surface area contributed by atoms with Crippen molar-refractivity contribution >= 4 is 23.2 Å². The summed E-state index contributed by atoms with van der Waals surface area (Å²) in [6.45, 7) is 4.25. The van der Waals surface area contributed by atoms with E-state index < -0.39 is 0 Å². The predicted octanol–water partition coefficient (Wildman–Crippen LogP) is 4.61. The summed E-state index contributed by atoms with van der Waals surface area (Å²) in [6, 6.07) is 14.7. The number of hydrogen-bond donors (Lipinski definition) is 2. The van der Waals surface area contributed by atoms with E-state index in [1.54, 1.807) is 38.5 Å². The van der Waals surface area contributed by atoms with Crippen LogP contribution in [-0.4, -0.2) is 30.1 Å². The van der Waals surface area contributed by atoms with Crippen molar-refractivity contribution in [3.05, 3.63) is 66.0 Å². The summed E-state index contributed by atoms with van der Waals surface area (Å²) in [5, 5.41) is 5.92. The van der Waals surface area contributed by atoms with Crippen LogP contribution in [-0.2, 0) is 0 Å². The highest BCUT2D eigenvalue weighted by Crippen LogP contribution is 2.30. The number of carbonyl (C=O) groups is 1. The van der Waals surface area contributed by atoms with E-state index in [2.05, 4.69) is 34.4 Å². The minimum absolute atomic E-state index is 0.247. The molecule has 0 radical (unpaired) electrons. The maximum Gasteiger partial charge on any atom is 0.274 e. The van der Waals surface area contributed by atoms with Crippen molar-refractivity contribution in [2.75, 3.05) is 24.9 Å². The highest BCUT2D eigenvalue weighted by molar-refractivity contribution is 6.03. The van der Waals surface area contributed by atoms with Crippen LogP contribution in [0.4, 0.5) is 17.3 Å². The number of nitrogens with zero attached hydrogens (tertiary/aromatic N) is 2. The number of benzene rings is 2. The summed E-state index contributed by atoms with van der Waals surface area (Å²) in [6.07, 6.45) is 1.53. The van der Waals surface area contributed by atoms with Gasteiger partial charge in [0.1, 0.15) is 17.2 Å². The van der Waals surface area contributed by atoms with Gasteiger partial charge in [-0.1, -0.05) is 26.0 Å². The van der Waals surface area contributed by atoms with Crippen molar-refractivity contribution in [2.45, 2.75) is 19.8 Å². The highest BCUT2D eigenvalue weighted by atomic mass is 16.5. The van der Waals surface area contributed by atoms with E-state index >= 15 is 0 Å². The molecular formula is C22H24N4O3. The van der Waals surface area contributed by atoms with Crippen LogP contribution in [0, 0.1) is 0 Å². The zero-order valence-electron chi connectivity index (χ0n) is 16.9. The second-order valence-corrected chi connectivity index (χ2v) is 6.69. The van der Waals surface area contributed by atoms with Gasteiger partial charge in [0.05, 0.1) is 19.9 Å². The van der Waals surface area contributed by atoms with Gasteiger partial charge in [0, 0.05) is 18.0 Å². The molecule has 0 fully saturated rings. The highest BCUT2D eigenvalue weighted by Gasteiger charge is 2.12. The molecule has 0 spiro atoms. The Kier molecular flexibility index (Phi) is 6.29. The molecule has 0 aliphatic heterocycles. The van der Waals surface area contributed by atoms with E-state index in [1.165, 1.54) is 11.8 Å². The predicted molar refractivity (Wildman–Crippen MR) is 113 cm³/mol. The zero-order chi connectivity index (χ0) is 20.8. The third-order valence-corrected chi connectivity index (χ3v) is 4.38. The summed E-state index contributed by atoms with van der Waals surface area (Å²) in [7, 11) is 3.16. The number of aromatic nitrogens is 2. The van der Waals surface area contributed by atoms with Gasteiger partial charge in [-0.3, -0.25) is 4.79 Å². The molecule has 1 heterocycles. The SMILES string of the molecule is COc1ccc(OC)c(Nc2nccc(C(=O)Nc3ccc(C(C)C)cc3)n2)c1. The summed E-state index contributed by atoms with van der Waals surface area (Å²) in [5.74, 6) is 1.66. The molecular weight excluding hydrogens is 368 g/mol. The Balaban J connectivity index is 1.76. The summed E-state index contributed by atoms with van der Waals surface area (Å²) in [5.41, 5.74) is 2.80. The van der Waals surface area contributed by atoms with Gasteiger partial charge in [-0.25, -0.2) is 9.97 Å². The molecule has 0 aliphatic rings. The zero-order valence-corrected chi connectivity index (χ0v) is 16.9. The quantitative estimate of drug-likeness (QED) is 0.611. The van der Waals surface area contributed by atoms with Gasteiger partial charge >= 0.3 is 0 Å². The monoisotopic (exact) mass is 392 g/mol. The first-order valence-corrected chi connectivity index (χ1v) is 9.23. The lowest BCUT2D eigenvalue weighted by molar-refractivity contribution is 0.102. The normalized spacial score (nSPS) is 10.5. The number of carbonyl (C=O) groups excluding carboxylic acids is 1. The first-order chi connectivity index (χ1) is 14.0. The number of amides is 1. The molecule has 0 saturated heterocycles. The average molecular weight is 392 g/mol. The molecule has 0 atom stereocenters. The standard InChI is InChI=1S/C22H24N4O3/c1-14(2)15-5-7-16(8-6-15)24-21(27)18-11-12-23-22(25-18)26-19-13-17(28-3)9-10-20(19)29-4/h5-14H,1-4H3,(H,24,27)(H,23,25,26). The molecule has 7 nitrogen and oxygen atoms in total. The largest absolute Gasteiger partial charge is 0.497 e. The summed E-state index contributed by atoms with van der Waals surface area (Å²) in [4.78, 5) is 21.1. The summed E-state index contributed by atoms with van der Waals surface area (Å²) >= 11 is 0. The fraction of sp³-hybridized carbons (Fsp3) is 0.227. The molecule has 3 aromatic rings. The first-order valence-electron chi connectivity index (χ1n) is 9.23. The van der Waals surface area contributed by atoms with Crippen molar-refractivity contribution in [1.29, 1.82) is 0 Å². The topological polar surface area (TPSA) is 85.4 Å². The maximum absolute atomic E-state index is 12.6. The second kappa shape index (κ2) is 9.05. The molecule has 29 heavy (non-hydrogen) atoms. The fourth-order valence-electron chi connectivity index (χ4n) is 2.72. The Morgan fingerprint density at radius 1 is 1.00 bits per heavy atom. The molecule has 2 N–H and O–H groups in total. The van der Waals surface area contributed by atoms with Gasteiger partial charge in [0.25, 0.3) is 5.91 Å². The molecule has 0 unspecified atom stereocenters. The number of ether oxygens (including phenoxy) is 2. The maximum atomic E-state index is 12.6. The molecule has 1 amide bonds. The third kappa shape index (κ3) is 5.01. The van der Waals surface area contributed by atoms with Crippen molar-refractivity contribution in [3.63, 3.8) is 0 Å². The van der Waals surface area contributed by atoms with Crippen LogP contribution in [0.25, 0.3) is 0 Å². The Bertz CT molecular complexity index is 988.